The van der Waals surface area contributed by atoms with Crippen molar-refractivity contribution in [1.29, 1.82) is 0 Å². The van der Waals surface area contributed by atoms with Gasteiger partial charge in [-0.25, -0.2) is 0 Å². The minimum absolute atomic E-state index is 2.17. The van der Waals surface area contributed by atoms with Gasteiger partial charge in [0.05, 0.1) is 0 Å². The van der Waals surface area contributed by atoms with Crippen molar-refractivity contribution in [3.05, 3.63) is 0 Å². The van der Waals surface area contributed by atoms with Crippen LogP contribution < -0.4 is 0 Å². The second kappa shape index (κ2) is 9.43. The summed E-state index contributed by atoms with van der Waals surface area (Å²) >= 11 is 5.35. The molecule has 3 N–H and O–H groups in total. The average Bonchev–Trinajstić information content (AvgIpc) is 1.41. The van der Waals surface area contributed by atoms with Gasteiger partial charge in [-0.2, -0.15) is 0 Å². The molecule has 0 rings (SSSR count). The van der Waals surface area contributed by atoms with Gasteiger partial charge in [0.2, 0.25) is 0 Å². The summed E-state index contributed by atoms with van der Waals surface area (Å²) in [6.07, 6.45) is 0. The summed E-state index contributed by atoms with van der Waals surface area (Å²) in [5.41, 5.74) is 0. The van der Waals surface area contributed by atoms with Crippen LogP contribution in [0.3, 0.4) is 0 Å². The third kappa shape index (κ3) is 71.9. The number of rotatable bonds is 0. The van der Waals surface area contributed by atoms with Crippen molar-refractivity contribution in [1.82, 2.24) is 0 Å². The van der Waals surface area contributed by atoms with Crippen molar-refractivity contribution in [2.45, 2.75) is 0 Å². The summed E-state index contributed by atoms with van der Waals surface area (Å²) in [5.74, 6) is 0. The Kier molecular flexibility index (Phi) is 15.9. The SMILES string of the molecule is OB(O)O.[Br][Pd]. The molecular formula is H3BBrO3Pd. The molecular weight excluding hydrogens is 245 g/mol. The van der Waals surface area contributed by atoms with Crippen molar-refractivity contribution in [3.8, 4) is 0 Å². The first-order valence-electron chi connectivity index (χ1n) is 0.894. The van der Waals surface area contributed by atoms with Crippen LogP contribution in [0.4, 0.5) is 0 Å². The Hall–Kier alpha value is 1.09. The molecule has 3 nitrogen and oxygen atoms in total. The number of halogens is 1. The van der Waals surface area contributed by atoms with E-state index >= 15 is 0 Å². The van der Waals surface area contributed by atoms with E-state index in [2.05, 4.69) is 30.6 Å². The zero-order valence-electron chi connectivity index (χ0n) is 2.61. The third-order valence-corrected chi connectivity index (χ3v) is 0. The topological polar surface area (TPSA) is 60.7 Å². The van der Waals surface area contributed by atoms with Crippen LogP contribution in [0, 0.1) is 0 Å². The quantitative estimate of drug-likeness (QED) is 0.471. The second-order valence-electron chi connectivity index (χ2n) is 0.346. The van der Waals surface area contributed by atoms with E-state index in [1.54, 1.807) is 0 Å². The van der Waals surface area contributed by atoms with Gasteiger partial charge in [0.25, 0.3) is 0 Å². The molecule has 0 aliphatic rings. The zero-order valence-corrected chi connectivity index (χ0v) is 5.75. The van der Waals surface area contributed by atoms with E-state index in [1.165, 1.54) is 0 Å². The molecule has 0 atom stereocenters. The van der Waals surface area contributed by atoms with E-state index in [1.807, 2.05) is 0 Å². The van der Waals surface area contributed by atoms with Crippen LogP contribution in [0.5, 0.6) is 0 Å². The molecule has 0 bridgehead atoms. The van der Waals surface area contributed by atoms with Gasteiger partial charge in [0.15, 0.2) is 0 Å². The van der Waals surface area contributed by atoms with Gasteiger partial charge in [-0.05, 0) is 0 Å². The molecule has 0 fully saturated rings. The fourth-order valence-corrected chi connectivity index (χ4v) is 0. The summed E-state index contributed by atoms with van der Waals surface area (Å²) < 4.78 is 0. The number of hydrogen-bond donors (Lipinski definition) is 3. The second-order valence-corrected chi connectivity index (χ2v) is 0.346. The molecule has 0 heterocycles. The first-order chi connectivity index (χ1) is 2.73. The Morgan fingerprint density at radius 2 is 1.17 bits per heavy atom. The molecule has 0 aromatic heterocycles. The summed E-state index contributed by atoms with van der Waals surface area (Å²) in [7, 11) is -2.17. The van der Waals surface area contributed by atoms with E-state index in [0.717, 1.165) is 0 Å². The fourth-order valence-electron chi connectivity index (χ4n) is 0. The van der Waals surface area contributed by atoms with E-state index in [4.69, 9.17) is 15.1 Å². The minimum atomic E-state index is -2.17. The molecule has 6 heavy (non-hydrogen) atoms. The van der Waals surface area contributed by atoms with Crippen LogP contribution in [-0.2, 0) is 17.2 Å². The number of hydrogen-bond acceptors (Lipinski definition) is 3. The maximum atomic E-state index is 7.17. The molecule has 0 radical (unpaired) electrons. The first kappa shape index (κ1) is 10.1. The van der Waals surface area contributed by atoms with Crippen LogP contribution in [0.2, 0.25) is 0 Å². The van der Waals surface area contributed by atoms with E-state index in [9.17, 15) is 0 Å². The van der Waals surface area contributed by atoms with Crippen molar-refractivity contribution in [2.75, 3.05) is 0 Å². The van der Waals surface area contributed by atoms with E-state index in [0.29, 0.717) is 0 Å². The molecule has 0 aliphatic heterocycles. The predicted octanol–water partition coefficient (Wildman–Crippen LogP) is -1.21. The Labute approximate surface area is 53.2 Å². The van der Waals surface area contributed by atoms with Crippen molar-refractivity contribution in [3.63, 3.8) is 0 Å². The average molecular weight is 248 g/mol. The summed E-state index contributed by atoms with van der Waals surface area (Å²) in [6, 6.07) is 0. The van der Waals surface area contributed by atoms with Gasteiger partial charge in [-0.1, -0.05) is 0 Å². The Balaban J connectivity index is 0. The van der Waals surface area contributed by atoms with Crippen molar-refractivity contribution in [2.24, 2.45) is 0 Å². The van der Waals surface area contributed by atoms with Crippen LogP contribution in [0.25, 0.3) is 0 Å². The molecule has 0 saturated carbocycles. The van der Waals surface area contributed by atoms with Gasteiger partial charge >= 0.3 is 37.9 Å². The molecule has 0 unspecified atom stereocenters. The monoisotopic (exact) mass is 247 g/mol. The molecule has 0 saturated heterocycles. The molecule has 6 heteroatoms. The van der Waals surface area contributed by atoms with Gasteiger partial charge in [0.1, 0.15) is 0 Å². The first-order valence-corrected chi connectivity index (χ1v) is 4.45. The van der Waals surface area contributed by atoms with Gasteiger partial charge < -0.3 is 15.1 Å². The molecule has 41 valence electrons. The molecule has 0 aliphatic carbocycles. The normalized spacial score (nSPS) is 5.67. The van der Waals surface area contributed by atoms with E-state index in [-0.39, 0.29) is 0 Å². The molecule has 0 aromatic rings. The summed E-state index contributed by atoms with van der Waals surface area (Å²) in [6.45, 7) is 0. The molecule has 0 amide bonds. The van der Waals surface area contributed by atoms with Gasteiger partial charge in [-0.15, -0.1) is 0 Å². The van der Waals surface area contributed by atoms with Crippen LogP contribution in [-0.4, -0.2) is 22.4 Å². The Morgan fingerprint density at radius 1 is 1.17 bits per heavy atom. The maximum absolute atomic E-state index is 7.17. The van der Waals surface area contributed by atoms with E-state index < -0.39 is 7.32 Å². The predicted molar refractivity (Wildman–Crippen MR) is 21.3 cm³/mol. The third-order valence-electron chi connectivity index (χ3n) is 0. The van der Waals surface area contributed by atoms with Crippen LogP contribution in [0.15, 0.2) is 0 Å². The molecule has 0 aromatic carbocycles. The van der Waals surface area contributed by atoms with Crippen molar-refractivity contribution >= 4 is 20.8 Å². The molecule has 0 spiro atoms. The van der Waals surface area contributed by atoms with Crippen LogP contribution >= 0.6 is 13.4 Å². The van der Waals surface area contributed by atoms with Crippen molar-refractivity contribution < 1.29 is 32.3 Å². The Bertz CT molecular complexity index is 15.5. The standard InChI is InChI=1S/BH3O3.BrH.Pd/c2-1(3)4;;/h2-4H;1H;/q;;+1/p-1. The zero-order chi connectivity index (χ0) is 5.58. The van der Waals surface area contributed by atoms with Gasteiger partial charge in [-0.3, -0.25) is 0 Å². The summed E-state index contributed by atoms with van der Waals surface area (Å²) in [5, 5.41) is 21.5. The van der Waals surface area contributed by atoms with Gasteiger partial charge in [0, 0.05) is 0 Å². The fraction of sp³-hybridized carbons (Fsp3) is 0. The Morgan fingerprint density at radius 3 is 1.17 bits per heavy atom. The van der Waals surface area contributed by atoms with Crippen LogP contribution in [0.1, 0.15) is 0 Å². The summed E-state index contributed by atoms with van der Waals surface area (Å²) in [4.78, 5) is 0.